The zero-order valence-corrected chi connectivity index (χ0v) is 6.39. The Labute approximate surface area is 64.6 Å². The maximum atomic E-state index is 0. The van der Waals surface area contributed by atoms with E-state index >= 15 is 0 Å². The molecule has 0 aromatic heterocycles. The molecule has 0 aromatic carbocycles. The van der Waals surface area contributed by atoms with Gasteiger partial charge in [0.1, 0.15) is 0 Å². The summed E-state index contributed by atoms with van der Waals surface area (Å²) in [7, 11) is 0. The Morgan fingerprint density at radius 2 is 0.750 bits per heavy atom. The van der Waals surface area contributed by atoms with Crippen molar-refractivity contribution in [2.75, 3.05) is 0 Å². The van der Waals surface area contributed by atoms with E-state index in [0.717, 1.165) is 0 Å². The zero-order valence-electron chi connectivity index (χ0n) is 1.62. The molecule has 0 N–H and O–H groups in total. The van der Waals surface area contributed by atoms with Crippen LogP contribution in [0.5, 0.6) is 0 Å². The molecule has 0 aliphatic heterocycles. The Kier molecular flexibility index (Phi) is 201. The molecule has 0 spiro atoms. The van der Waals surface area contributed by atoms with Crippen LogP contribution in [0.4, 0.5) is 0 Å². The quantitative estimate of drug-likeness (QED) is 0.500. The van der Waals surface area contributed by atoms with Gasteiger partial charge >= 0.3 is 38.0 Å². The summed E-state index contributed by atoms with van der Waals surface area (Å²) in [6.07, 6.45) is 0. The summed E-state index contributed by atoms with van der Waals surface area (Å²) in [5, 5.41) is 0. The Morgan fingerprint density at radius 3 is 0.750 bits per heavy atom. The predicted molar refractivity (Wildman–Crippen MR) is 14.7 cm³/mol. The van der Waals surface area contributed by atoms with Gasteiger partial charge in [-0.15, -0.1) is 0 Å². The van der Waals surface area contributed by atoms with Gasteiger partial charge in [-0.05, 0) is 0 Å². The van der Waals surface area contributed by atoms with Crippen molar-refractivity contribution in [1.82, 2.24) is 0 Å². The van der Waals surface area contributed by atoms with Crippen LogP contribution in [0.1, 0.15) is 0 Å². The van der Waals surface area contributed by atoms with Crippen LogP contribution in [0.15, 0.2) is 0 Å². The summed E-state index contributed by atoms with van der Waals surface area (Å²) in [5.74, 6) is 0. The maximum Gasteiger partial charge on any atom is 5.00 e. The molecule has 0 aromatic rings. The first-order valence-corrected chi connectivity index (χ1v) is 0. The molecule has 0 saturated heterocycles. The van der Waals surface area contributed by atoms with E-state index in [4.69, 9.17) is 0 Å². The first-order valence-electron chi connectivity index (χ1n) is 0. The second-order valence-corrected chi connectivity index (χ2v) is 0. The molecule has 0 atom stereocenters. The molecule has 0 aliphatic carbocycles. The van der Waals surface area contributed by atoms with Crippen molar-refractivity contribution in [2.45, 2.75) is 0 Å². The van der Waals surface area contributed by atoms with E-state index in [0.29, 0.717) is 0 Å². The molecular weight excluding hydrogens is 216 g/mol. The van der Waals surface area contributed by atoms with Crippen LogP contribution in [-0.4, -0.2) is 0 Å². The van der Waals surface area contributed by atoms with Crippen LogP contribution in [-0.2, 0) is 65.0 Å². The fourth-order valence-electron chi connectivity index (χ4n) is 0. The second-order valence-electron chi connectivity index (χ2n) is 0. The molecule has 0 heterocycles. The summed E-state index contributed by atoms with van der Waals surface area (Å²) in [4.78, 5) is 0. The van der Waals surface area contributed by atoms with Gasteiger partial charge in [-0.2, -0.15) is 0 Å². The van der Waals surface area contributed by atoms with E-state index in [2.05, 4.69) is 0 Å². The van der Waals surface area contributed by atoms with Crippen molar-refractivity contribution in [3.8, 4) is 0 Å². The smallest absolute Gasteiger partial charge is 2.00 e. The predicted octanol–water partition coefficient (Wildman–Crippen LogP) is -0.00980. The Bertz CT molecular complexity index is 6.00. The van der Waals surface area contributed by atoms with Crippen molar-refractivity contribution >= 4 is 27.0 Å². The molecule has 4 heteroatoms. The third-order valence-corrected chi connectivity index (χ3v) is 0. The SMILES string of the molecule is [Ru+3].[S-2].[S-2].[V+5]. The molecule has 0 fully saturated rings. The molecule has 0 unspecified atom stereocenters. The summed E-state index contributed by atoms with van der Waals surface area (Å²) in [5.41, 5.74) is 0. The van der Waals surface area contributed by atoms with Crippen molar-refractivity contribution in [2.24, 2.45) is 0 Å². The average molecular weight is 216 g/mol. The van der Waals surface area contributed by atoms with E-state index < -0.39 is 0 Å². The molecule has 0 saturated carbocycles. The summed E-state index contributed by atoms with van der Waals surface area (Å²) < 4.78 is 0. The fraction of sp³-hybridized carbons (Fsp3) is 0. The van der Waals surface area contributed by atoms with Crippen LogP contribution < -0.4 is 0 Å². The van der Waals surface area contributed by atoms with Crippen molar-refractivity contribution in [3.63, 3.8) is 0 Å². The van der Waals surface area contributed by atoms with Gasteiger partial charge < -0.3 is 27.0 Å². The van der Waals surface area contributed by atoms with Crippen molar-refractivity contribution in [1.29, 1.82) is 0 Å². The van der Waals surface area contributed by atoms with E-state index in [9.17, 15) is 0 Å². The molecule has 0 bridgehead atoms. The summed E-state index contributed by atoms with van der Waals surface area (Å²) in [6.45, 7) is 0. The van der Waals surface area contributed by atoms with E-state index in [1.165, 1.54) is 0 Å². The minimum atomic E-state index is 0. The zero-order chi connectivity index (χ0) is 0. The van der Waals surface area contributed by atoms with Crippen LogP contribution in [0, 0.1) is 0 Å². The number of rotatable bonds is 0. The summed E-state index contributed by atoms with van der Waals surface area (Å²) >= 11 is 0. The summed E-state index contributed by atoms with van der Waals surface area (Å²) in [6, 6.07) is 0. The fourth-order valence-corrected chi connectivity index (χ4v) is 0. The molecule has 0 nitrogen and oxygen atoms in total. The van der Waals surface area contributed by atoms with Gasteiger partial charge in [-0.1, -0.05) is 0 Å². The van der Waals surface area contributed by atoms with E-state index in [1.54, 1.807) is 0 Å². The van der Waals surface area contributed by atoms with E-state index in [-0.39, 0.29) is 65.0 Å². The molecule has 4 heavy (non-hydrogen) atoms. The second kappa shape index (κ2) is 20.6. The van der Waals surface area contributed by atoms with Gasteiger partial charge in [-0.25, -0.2) is 0 Å². The van der Waals surface area contributed by atoms with Gasteiger partial charge in [0.2, 0.25) is 0 Å². The largest absolute Gasteiger partial charge is 5.00 e. The first kappa shape index (κ1) is 39.1. The molecule has 0 amide bonds. The Morgan fingerprint density at radius 1 is 0.750 bits per heavy atom. The van der Waals surface area contributed by atoms with Gasteiger partial charge in [0.15, 0.2) is 0 Å². The third kappa shape index (κ3) is 9.08. The maximum absolute atomic E-state index is 0. The van der Waals surface area contributed by atoms with E-state index in [1.807, 2.05) is 0 Å². The number of hydrogen-bond donors (Lipinski definition) is 0. The molecule has 0 aliphatic rings. The van der Waals surface area contributed by atoms with Crippen molar-refractivity contribution < 1.29 is 38.0 Å². The molecule has 1 radical (unpaired) electrons. The van der Waals surface area contributed by atoms with Gasteiger partial charge in [-0.3, -0.25) is 0 Å². The standard InChI is InChI=1S/Ru.2S.V/q+3;2*-2;+5. The first-order chi connectivity index (χ1) is 0. The Hall–Kier alpha value is 1.91. The van der Waals surface area contributed by atoms with Gasteiger partial charge in [0.25, 0.3) is 0 Å². The average Bonchev–Trinajstić information content (AvgIpc) is 0. The minimum absolute atomic E-state index is 0. The normalized spacial score (nSPS) is 0. The van der Waals surface area contributed by atoms with Crippen LogP contribution in [0.2, 0.25) is 0 Å². The monoisotopic (exact) mass is 217 g/mol. The van der Waals surface area contributed by atoms with Gasteiger partial charge in [0.05, 0.1) is 0 Å². The van der Waals surface area contributed by atoms with Crippen LogP contribution in [0.25, 0.3) is 0 Å². The topological polar surface area (TPSA) is 0 Å². The third-order valence-electron chi connectivity index (χ3n) is 0. The molecule has 21 valence electrons. The van der Waals surface area contributed by atoms with Crippen molar-refractivity contribution in [3.05, 3.63) is 0 Å². The number of hydrogen-bond acceptors (Lipinski definition) is 0. The van der Waals surface area contributed by atoms with Gasteiger partial charge in [0, 0.05) is 0 Å². The Balaban J connectivity index is 0. The molecule has 0 rings (SSSR count). The van der Waals surface area contributed by atoms with Crippen LogP contribution >= 0.6 is 0 Å². The minimum Gasteiger partial charge on any atom is -2.00 e. The van der Waals surface area contributed by atoms with Crippen LogP contribution in [0.3, 0.4) is 0 Å². The molecular formula is RuS2V+4.